The fourth-order valence-electron chi connectivity index (χ4n) is 0.763. The summed E-state index contributed by atoms with van der Waals surface area (Å²) in [6, 6.07) is 2.04. The highest BCUT2D eigenvalue weighted by atomic mass is 17.5. The van der Waals surface area contributed by atoms with Gasteiger partial charge in [-0.15, -0.1) is 0 Å². The van der Waals surface area contributed by atoms with Crippen molar-refractivity contribution in [3.63, 3.8) is 0 Å². The molecule has 0 bridgehead atoms. The van der Waals surface area contributed by atoms with Gasteiger partial charge >= 0.3 is 0 Å². The van der Waals surface area contributed by atoms with E-state index in [0.29, 0.717) is 13.0 Å². The van der Waals surface area contributed by atoms with Crippen LogP contribution in [-0.4, -0.2) is 12.7 Å². The molecule has 1 fully saturated rings. The summed E-state index contributed by atoms with van der Waals surface area (Å²) in [5.41, 5.74) is 0. The Morgan fingerprint density at radius 2 is 2.50 bits per heavy atom. The topological polar surface area (TPSA) is 51.5 Å². The van der Waals surface area contributed by atoms with E-state index in [1.807, 2.05) is 6.07 Å². The largest absolute Gasteiger partial charge is 0.206 e. The van der Waals surface area contributed by atoms with E-state index >= 15 is 0 Å². The average Bonchev–Trinajstić information content (AvgIpc) is 2.03. The first-order chi connectivity index (χ1) is 4.93. The number of rotatable bonds is 2. The highest BCUT2D eigenvalue weighted by Gasteiger charge is 2.15. The summed E-state index contributed by atoms with van der Waals surface area (Å²) in [4.78, 5) is 9.18. The van der Waals surface area contributed by atoms with Crippen molar-refractivity contribution in [3.8, 4) is 6.07 Å². The molecule has 0 spiro atoms. The second-order valence-electron chi connectivity index (χ2n) is 2.09. The van der Waals surface area contributed by atoms with Gasteiger partial charge in [0.1, 0.15) is 0 Å². The minimum atomic E-state index is 0.0356. The zero-order chi connectivity index (χ0) is 7.23. The molecule has 1 heterocycles. The molecule has 0 amide bonds. The quantitative estimate of drug-likeness (QED) is 0.540. The molecule has 4 nitrogen and oxygen atoms in total. The molecule has 1 unspecified atom stereocenters. The Balaban J connectivity index is 2.09. The molecule has 0 saturated carbocycles. The molecule has 1 saturated heterocycles. The van der Waals surface area contributed by atoms with Crippen molar-refractivity contribution >= 4 is 0 Å². The van der Waals surface area contributed by atoms with Crippen LogP contribution >= 0.6 is 0 Å². The van der Waals surface area contributed by atoms with Gasteiger partial charge in [0.2, 0.25) is 0 Å². The molecule has 56 valence electrons. The van der Waals surface area contributed by atoms with Crippen LogP contribution in [0, 0.1) is 11.3 Å². The first-order valence-electron chi connectivity index (χ1n) is 3.25. The Hall–Kier alpha value is -0.630. The van der Waals surface area contributed by atoms with Crippen LogP contribution in [-0.2, 0) is 14.8 Å². The second kappa shape index (κ2) is 4.23. The van der Waals surface area contributed by atoms with Gasteiger partial charge in [-0.25, -0.2) is 9.78 Å². The highest BCUT2D eigenvalue weighted by molar-refractivity contribution is 4.72. The monoisotopic (exact) mass is 143 g/mol. The number of nitriles is 1. The Kier molecular flexibility index (Phi) is 3.16. The van der Waals surface area contributed by atoms with Crippen molar-refractivity contribution in [3.05, 3.63) is 0 Å². The summed E-state index contributed by atoms with van der Waals surface area (Å²) in [5, 5.41) is 12.5. The van der Waals surface area contributed by atoms with Crippen LogP contribution in [0.2, 0.25) is 0 Å². The summed E-state index contributed by atoms with van der Waals surface area (Å²) < 4.78 is 0. The van der Waals surface area contributed by atoms with Crippen LogP contribution in [0.3, 0.4) is 0 Å². The van der Waals surface area contributed by atoms with Gasteiger partial charge in [0, 0.05) is 12.8 Å². The third-order valence-electron chi connectivity index (χ3n) is 1.32. The molecule has 1 rings (SSSR count). The van der Waals surface area contributed by atoms with Crippen molar-refractivity contribution in [1.29, 1.82) is 5.26 Å². The van der Waals surface area contributed by atoms with Crippen LogP contribution in [0.1, 0.15) is 19.3 Å². The maximum Gasteiger partial charge on any atom is 0.0994 e. The van der Waals surface area contributed by atoms with E-state index in [0.717, 1.165) is 12.8 Å². The third kappa shape index (κ3) is 2.31. The van der Waals surface area contributed by atoms with E-state index < -0.39 is 0 Å². The number of hydrogen-bond acceptors (Lipinski definition) is 4. The van der Waals surface area contributed by atoms with E-state index in [9.17, 15) is 0 Å². The molecule has 0 N–H and O–H groups in total. The van der Waals surface area contributed by atoms with Crippen LogP contribution in [0.4, 0.5) is 0 Å². The molecule has 0 aliphatic carbocycles. The fraction of sp³-hybridized carbons (Fsp3) is 0.833. The molecule has 10 heavy (non-hydrogen) atoms. The lowest BCUT2D eigenvalue weighted by atomic mass is 10.1. The van der Waals surface area contributed by atoms with E-state index in [1.54, 1.807) is 0 Å². The maximum atomic E-state index is 8.22. The lowest BCUT2D eigenvalue weighted by Crippen LogP contribution is -2.21. The highest BCUT2D eigenvalue weighted by Crippen LogP contribution is 2.11. The zero-order valence-electron chi connectivity index (χ0n) is 5.58. The standard InChI is InChI=1S/C6H9NO3/c7-4-1-2-6-3-5-8-10-9-6/h6H,1-3,5H2. The van der Waals surface area contributed by atoms with Crippen molar-refractivity contribution < 1.29 is 14.8 Å². The SMILES string of the molecule is N#CCCC1CCOOO1. The first kappa shape index (κ1) is 7.48. The lowest BCUT2D eigenvalue weighted by molar-refractivity contribution is -0.549. The van der Waals surface area contributed by atoms with Crippen LogP contribution in [0.5, 0.6) is 0 Å². The van der Waals surface area contributed by atoms with Gasteiger partial charge < -0.3 is 0 Å². The summed E-state index contributed by atoms with van der Waals surface area (Å²) in [6.45, 7) is 0.552. The molecule has 0 aromatic heterocycles. The Morgan fingerprint density at radius 3 is 3.10 bits per heavy atom. The van der Waals surface area contributed by atoms with Gasteiger partial charge in [0.25, 0.3) is 0 Å². The Bertz CT molecular complexity index is 125. The molecule has 1 atom stereocenters. The number of nitrogens with zero attached hydrogens (tertiary/aromatic N) is 1. The van der Waals surface area contributed by atoms with Crippen molar-refractivity contribution in [2.24, 2.45) is 0 Å². The number of hydrogen-bond donors (Lipinski definition) is 0. The normalized spacial score (nSPS) is 25.7. The predicted octanol–water partition coefficient (Wildman–Crippen LogP) is 0.942. The molecule has 1 aliphatic rings. The Labute approximate surface area is 59.1 Å². The fourth-order valence-corrected chi connectivity index (χ4v) is 0.763. The minimum Gasteiger partial charge on any atom is -0.206 e. The lowest BCUT2D eigenvalue weighted by Gasteiger charge is -2.18. The summed E-state index contributed by atoms with van der Waals surface area (Å²) in [7, 11) is 0. The third-order valence-corrected chi connectivity index (χ3v) is 1.32. The Morgan fingerprint density at radius 1 is 1.60 bits per heavy atom. The molecular weight excluding hydrogens is 134 g/mol. The van der Waals surface area contributed by atoms with Crippen molar-refractivity contribution in [1.82, 2.24) is 0 Å². The first-order valence-corrected chi connectivity index (χ1v) is 3.25. The van der Waals surface area contributed by atoms with E-state index in [-0.39, 0.29) is 6.10 Å². The van der Waals surface area contributed by atoms with Gasteiger partial charge in [-0.2, -0.15) is 5.26 Å². The molecular formula is C6H9NO3. The molecule has 0 aromatic carbocycles. The van der Waals surface area contributed by atoms with Gasteiger partial charge in [-0.3, -0.25) is 0 Å². The van der Waals surface area contributed by atoms with Gasteiger partial charge in [0.05, 0.1) is 18.8 Å². The van der Waals surface area contributed by atoms with E-state index in [4.69, 9.17) is 10.1 Å². The molecule has 0 radical (unpaired) electrons. The van der Waals surface area contributed by atoms with Crippen LogP contribution in [0.15, 0.2) is 0 Å². The second-order valence-corrected chi connectivity index (χ2v) is 2.09. The maximum absolute atomic E-state index is 8.22. The summed E-state index contributed by atoms with van der Waals surface area (Å²) in [5.74, 6) is 0. The minimum absolute atomic E-state index is 0.0356. The van der Waals surface area contributed by atoms with Gasteiger partial charge in [0.15, 0.2) is 0 Å². The molecule has 4 heteroatoms. The van der Waals surface area contributed by atoms with Crippen molar-refractivity contribution in [2.45, 2.75) is 25.4 Å². The average molecular weight is 143 g/mol. The summed E-state index contributed by atoms with van der Waals surface area (Å²) in [6.07, 6.45) is 2.07. The van der Waals surface area contributed by atoms with Crippen LogP contribution in [0.25, 0.3) is 0 Å². The summed E-state index contributed by atoms with van der Waals surface area (Å²) >= 11 is 0. The smallest absolute Gasteiger partial charge is 0.0994 e. The van der Waals surface area contributed by atoms with Gasteiger partial charge in [-0.05, 0) is 6.42 Å². The molecule has 0 aromatic rings. The molecule has 1 aliphatic heterocycles. The van der Waals surface area contributed by atoms with Crippen LogP contribution < -0.4 is 0 Å². The van der Waals surface area contributed by atoms with E-state index in [2.05, 4.69) is 9.93 Å². The zero-order valence-corrected chi connectivity index (χ0v) is 5.58. The van der Waals surface area contributed by atoms with E-state index in [1.165, 1.54) is 0 Å². The van der Waals surface area contributed by atoms with Crippen molar-refractivity contribution in [2.75, 3.05) is 6.61 Å². The van der Waals surface area contributed by atoms with Gasteiger partial charge in [-0.1, -0.05) is 5.04 Å². The predicted molar refractivity (Wildman–Crippen MR) is 31.4 cm³/mol.